The third kappa shape index (κ3) is 6.70. The molecular weight excluding hydrogens is 308 g/mol. The van der Waals surface area contributed by atoms with Gasteiger partial charge in [-0.3, -0.25) is 4.79 Å². The molecule has 0 bridgehead atoms. The zero-order chi connectivity index (χ0) is 17.9. The molecule has 132 valence electrons. The maximum absolute atomic E-state index is 12.7. The molecule has 0 fully saturated rings. The average molecular weight is 341 g/mol. The molecule has 2 atom stereocenters. The first-order valence-electron chi connectivity index (χ1n) is 8.45. The van der Waals surface area contributed by atoms with Crippen LogP contribution in [-0.4, -0.2) is 21.9 Å². The van der Waals surface area contributed by atoms with E-state index in [4.69, 9.17) is 4.74 Å². The summed E-state index contributed by atoms with van der Waals surface area (Å²) < 4.78 is 5.41. The molecule has 0 amide bonds. The molecule has 4 heteroatoms. The van der Waals surface area contributed by atoms with Gasteiger partial charge in [-0.25, -0.2) is 4.79 Å². The normalized spacial score (nSPS) is 27.7. The van der Waals surface area contributed by atoms with Crippen molar-refractivity contribution in [3.05, 3.63) is 12.2 Å². The molecule has 0 unspecified atom stereocenters. The van der Waals surface area contributed by atoms with Crippen LogP contribution in [0.25, 0.3) is 0 Å². The SMILES string of the molecule is CC(C)(C)SC(=O)O[C@@H]1/C=C/C[C@](C)(C(=O)C(C)(C)C)CCC1. The lowest BCUT2D eigenvalue weighted by molar-refractivity contribution is -0.136. The van der Waals surface area contributed by atoms with Crippen molar-refractivity contribution in [3.63, 3.8) is 0 Å². The van der Waals surface area contributed by atoms with E-state index in [0.29, 0.717) is 12.2 Å². The Hall–Kier alpha value is -0.770. The number of allylic oxidation sites excluding steroid dienone is 1. The van der Waals surface area contributed by atoms with Crippen LogP contribution in [-0.2, 0) is 9.53 Å². The van der Waals surface area contributed by atoms with E-state index in [-0.39, 0.29) is 27.0 Å². The molecule has 1 rings (SSSR count). The minimum atomic E-state index is -0.322. The van der Waals surface area contributed by atoms with Crippen molar-refractivity contribution in [2.75, 3.05) is 0 Å². The summed E-state index contributed by atoms with van der Waals surface area (Å²) in [6.45, 7) is 14.0. The fourth-order valence-corrected chi connectivity index (χ4v) is 3.65. The van der Waals surface area contributed by atoms with Gasteiger partial charge in [-0.05, 0) is 43.5 Å². The zero-order valence-electron chi connectivity index (χ0n) is 15.7. The maximum Gasteiger partial charge on any atom is 0.368 e. The number of ether oxygens (including phenoxy) is 1. The van der Waals surface area contributed by atoms with E-state index in [1.807, 2.05) is 53.7 Å². The van der Waals surface area contributed by atoms with Gasteiger partial charge in [-0.15, -0.1) is 0 Å². The molecular formula is C19H32O3S. The first-order valence-corrected chi connectivity index (χ1v) is 9.26. The molecule has 0 aromatic rings. The largest absolute Gasteiger partial charge is 0.450 e. The van der Waals surface area contributed by atoms with Gasteiger partial charge in [0.1, 0.15) is 11.9 Å². The molecule has 3 nitrogen and oxygen atoms in total. The van der Waals surface area contributed by atoms with E-state index in [1.165, 1.54) is 11.8 Å². The number of hydrogen-bond donors (Lipinski definition) is 0. The summed E-state index contributed by atoms with van der Waals surface area (Å²) in [5, 5.41) is -0.221. The second kappa shape index (κ2) is 7.42. The summed E-state index contributed by atoms with van der Waals surface area (Å²) in [4.78, 5) is 24.6. The van der Waals surface area contributed by atoms with Crippen LogP contribution in [0.3, 0.4) is 0 Å². The van der Waals surface area contributed by atoms with Crippen LogP contribution in [0.15, 0.2) is 12.2 Å². The highest BCUT2D eigenvalue weighted by Crippen LogP contribution is 2.38. The average Bonchev–Trinajstić information content (AvgIpc) is 2.31. The van der Waals surface area contributed by atoms with Gasteiger partial charge in [-0.2, -0.15) is 0 Å². The highest BCUT2D eigenvalue weighted by molar-refractivity contribution is 8.14. The molecule has 0 saturated carbocycles. The van der Waals surface area contributed by atoms with Crippen LogP contribution in [0, 0.1) is 10.8 Å². The molecule has 0 aromatic heterocycles. The van der Waals surface area contributed by atoms with Gasteiger partial charge in [0.25, 0.3) is 0 Å². The van der Waals surface area contributed by atoms with Gasteiger partial charge in [0.15, 0.2) is 0 Å². The molecule has 0 spiro atoms. The van der Waals surface area contributed by atoms with E-state index >= 15 is 0 Å². The number of carbonyl (C=O) groups excluding carboxylic acids is 2. The van der Waals surface area contributed by atoms with Gasteiger partial charge in [0, 0.05) is 15.6 Å². The third-order valence-corrected chi connectivity index (χ3v) is 4.88. The monoisotopic (exact) mass is 340 g/mol. The first-order chi connectivity index (χ1) is 10.3. The van der Waals surface area contributed by atoms with E-state index in [9.17, 15) is 9.59 Å². The Morgan fingerprint density at radius 1 is 1.17 bits per heavy atom. The Kier molecular flexibility index (Phi) is 6.54. The second-order valence-electron chi connectivity index (χ2n) is 8.79. The van der Waals surface area contributed by atoms with E-state index < -0.39 is 0 Å². The predicted molar refractivity (Wildman–Crippen MR) is 97.8 cm³/mol. The van der Waals surface area contributed by atoms with Crippen LogP contribution < -0.4 is 0 Å². The van der Waals surface area contributed by atoms with Gasteiger partial charge >= 0.3 is 5.30 Å². The summed E-state index contributed by atoms with van der Waals surface area (Å²) in [6, 6.07) is 0. The molecule has 0 N–H and O–H groups in total. The Balaban J connectivity index is 2.69. The fraction of sp³-hybridized carbons (Fsp3) is 0.789. The first kappa shape index (κ1) is 20.3. The van der Waals surface area contributed by atoms with Crippen molar-refractivity contribution in [2.45, 2.75) is 85.0 Å². The van der Waals surface area contributed by atoms with Gasteiger partial charge < -0.3 is 4.74 Å². The Morgan fingerprint density at radius 2 is 1.78 bits per heavy atom. The van der Waals surface area contributed by atoms with Crippen LogP contribution >= 0.6 is 11.8 Å². The van der Waals surface area contributed by atoms with Gasteiger partial charge in [-0.1, -0.05) is 54.5 Å². The molecule has 0 saturated heterocycles. The van der Waals surface area contributed by atoms with Crippen molar-refractivity contribution >= 4 is 22.8 Å². The van der Waals surface area contributed by atoms with Crippen molar-refractivity contribution in [2.24, 2.45) is 10.8 Å². The Labute approximate surface area is 145 Å². The summed E-state index contributed by atoms with van der Waals surface area (Å²) in [6.07, 6.45) is 7.02. The van der Waals surface area contributed by atoms with Gasteiger partial charge in [0.05, 0.1) is 0 Å². The number of ketones is 1. The minimum absolute atomic E-state index is 0.139. The third-order valence-electron chi connectivity index (χ3n) is 4.00. The van der Waals surface area contributed by atoms with Crippen molar-refractivity contribution in [3.8, 4) is 0 Å². The van der Waals surface area contributed by atoms with Crippen LogP contribution in [0.5, 0.6) is 0 Å². The molecule has 23 heavy (non-hydrogen) atoms. The number of thioether (sulfide) groups is 1. The summed E-state index contributed by atoms with van der Waals surface area (Å²) in [5.74, 6) is 0.313. The summed E-state index contributed by atoms with van der Waals surface area (Å²) >= 11 is 1.22. The lowest BCUT2D eigenvalue weighted by atomic mass is 9.68. The quantitative estimate of drug-likeness (QED) is 0.472. The van der Waals surface area contributed by atoms with Crippen LogP contribution in [0.4, 0.5) is 4.79 Å². The highest BCUT2D eigenvalue weighted by atomic mass is 32.2. The second-order valence-corrected chi connectivity index (χ2v) is 10.5. The minimum Gasteiger partial charge on any atom is -0.450 e. The predicted octanol–water partition coefficient (Wildman–Crippen LogP) is 5.78. The molecule has 1 aliphatic carbocycles. The Morgan fingerprint density at radius 3 is 2.30 bits per heavy atom. The van der Waals surface area contributed by atoms with Crippen molar-refractivity contribution in [1.82, 2.24) is 0 Å². The number of carbonyl (C=O) groups is 2. The van der Waals surface area contributed by atoms with Gasteiger partial charge in [0.2, 0.25) is 0 Å². The molecule has 0 aliphatic heterocycles. The van der Waals surface area contributed by atoms with Crippen LogP contribution in [0.1, 0.15) is 74.1 Å². The lowest BCUT2D eigenvalue weighted by Gasteiger charge is -2.35. The molecule has 1 aliphatic rings. The van der Waals surface area contributed by atoms with Crippen molar-refractivity contribution < 1.29 is 14.3 Å². The lowest BCUT2D eigenvalue weighted by Crippen LogP contribution is -2.37. The number of Topliss-reactive ketones (excluding diaryl/α,β-unsaturated/α-hetero) is 1. The van der Waals surface area contributed by atoms with E-state index in [1.54, 1.807) is 0 Å². The summed E-state index contributed by atoms with van der Waals surface area (Å²) in [5.41, 5.74) is -0.638. The Bertz CT molecular complexity index is 468. The van der Waals surface area contributed by atoms with E-state index in [0.717, 1.165) is 19.3 Å². The highest BCUT2D eigenvalue weighted by Gasteiger charge is 2.39. The molecule has 0 radical (unpaired) electrons. The molecule has 0 aromatic carbocycles. The van der Waals surface area contributed by atoms with Crippen LogP contribution in [0.2, 0.25) is 0 Å². The number of rotatable bonds is 2. The number of hydrogen-bond acceptors (Lipinski definition) is 4. The van der Waals surface area contributed by atoms with Crippen molar-refractivity contribution in [1.29, 1.82) is 0 Å². The standard InChI is InChI=1S/C19H32O3S/c1-17(2,3)15(20)19(7)12-8-10-14(11-9-13-19)22-16(21)23-18(4,5)6/h8,10,14H,9,11-13H2,1-7H3/b10-8+/t14-,19+/m1/s1. The topological polar surface area (TPSA) is 43.4 Å². The fourth-order valence-electron chi connectivity index (χ4n) is 2.98. The zero-order valence-corrected chi connectivity index (χ0v) is 16.5. The summed E-state index contributed by atoms with van der Waals surface area (Å²) in [7, 11) is 0. The molecule has 0 heterocycles. The van der Waals surface area contributed by atoms with E-state index in [2.05, 4.69) is 6.92 Å². The maximum atomic E-state index is 12.7. The smallest absolute Gasteiger partial charge is 0.368 e.